The van der Waals surface area contributed by atoms with E-state index in [0.29, 0.717) is 13.1 Å². The molecule has 9 heteroatoms. The molecule has 0 radical (unpaired) electrons. The molecule has 2 rings (SSSR count). The van der Waals surface area contributed by atoms with Crippen molar-refractivity contribution < 1.29 is 71.4 Å². The zero-order valence-electron chi connectivity index (χ0n) is 16.6. The van der Waals surface area contributed by atoms with Crippen molar-refractivity contribution in [3.05, 3.63) is 7.05 Å². The summed E-state index contributed by atoms with van der Waals surface area (Å²) in [6.45, 7) is 7.73. The van der Waals surface area contributed by atoms with Gasteiger partial charge >= 0.3 is 0 Å². The van der Waals surface area contributed by atoms with E-state index in [2.05, 4.69) is 35.2 Å². The molecule has 0 aromatic heterocycles. The highest BCUT2D eigenvalue weighted by atomic mass is 127. The van der Waals surface area contributed by atoms with Crippen LogP contribution < -0.4 is 52.9 Å². The van der Waals surface area contributed by atoms with Gasteiger partial charge in [-0.25, -0.2) is 0 Å². The quantitative estimate of drug-likeness (QED) is 0.200. The zero-order chi connectivity index (χ0) is 18.0. The minimum absolute atomic E-state index is 0. The number of halogens is 2. The number of piperazine rings is 2. The Morgan fingerprint density at radius 1 is 0.769 bits per heavy atom. The first-order valence-electron chi connectivity index (χ1n) is 8.94. The summed E-state index contributed by atoms with van der Waals surface area (Å²) in [5, 5.41) is 0. The maximum Gasteiger partial charge on any atom is 0.275 e. The SMILES string of the molecule is [CH2-][NH+](CC(=O)N1CC[N+](C)(C)CC1)CC(=O)N1CC[N+](C)(C)CC1.[I-].[I-]. The van der Waals surface area contributed by atoms with Gasteiger partial charge in [0.2, 0.25) is 0 Å². The molecule has 154 valence electrons. The Balaban J connectivity index is 0.00000312. The van der Waals surface area contributed by atoms with Crippen LogP contribution in [0, 0.1) is 7.05 Å². The fraction of sp³-hybridized carbons (Fsp3) is 0.824. The van der Waals surface area contributed by atoms with Gasteiger partial charge in [-0.15, -0.1) is 7.05 Å². The Morgan fingerprint density at radius 3 is 1.31 bits per heavy atom. The molecular formula is C17H35I2N5O2. The molecule has 2 amide bonds. The molecule has 1 N–H and O–H groups in total. The van der Waals surface area contributed by atoms with Crippen molar-refractivity contribution in [1.82, 2.24) is 9.80 Å². The van der Waals surface area contributed by atoms with Crippen molar-refractivity contribution in [1.29, 1.82) is 0 Å². The van der Waals surface area contributed by atoms with E-state index in [-0.39, 0.29) is 59.8 Å². The number of nitrogens with zero attached hydrogens (tertiary/aromatic N) is 4. The summed E-state index contributed by atoms with van der Waals surface area (Å²) in [7, 11) is 12.7. The van der Waals surface area contributed by atoms with E-state index in [1.807, 2.05) is 9.80 Å². The monoisotopic (exact) mass is 595 g/mol. The van der Waals surface area contributed by atoms with Crippen LogP contribution in [0.1, 0.15) is 0 Å². The van der Waals surface area contributed by atoms with E-state index in [0.717, 1.165) is 66.2 Å². The Hall–Kier alpha value is 0.280. The first-order chi connectivity index (χ1) is 11.1. The molecule has 2 aliphatic heterocycles. The second kappa shape index (κ2) is 10.7. The predicted octanol–water partition coefficient (Wildman–Crippen LogP) is -8.49. The van der Waals surface area contributed by atoms with Crippen molar-refractivity contribution in [3.63, 3.8) is 0 Å². The molecule has 0 spiro atoms. The second-order valence-corrected chi connectivity index (χ2v) is 8.63. The van der Waals surface area contributed by atoms with E-state index in [9.17, 15) is 9.59 Å². The summed E-state index contributed by atoms with van der Waals surface area (Å²) in [6.07, 6.45) is 0. The average molecular weight is 595 g/mol. The van der Waals surface area contributed by atoms with E-state index in [4.69, 9.17) is 0 Å². The number of quaternary nitrogens is 3. The fourth-order valence-electron chi connectivity index (χ4n) is 3.23. The van der Waals surface area contributed by atoms with E-state index in [1.165, 1.54) is 0 Å². The van der Waals surface area contributed by atoms with Gasteiger partial charge in [-0.2, -0.15) is 0 Å². The lowest BCUT2D eigenvalue weighted by Crippen LogP contribution is -3.09. The van der Waals surface area contributed by atoms with Crippen LogP contribution in [0.2, 0.25) is 0 Å². The molecule has 0 aromatic rings. The molecule has 2 saturated heterocycles. The summed E-state index contributed by atoms with van der Waals surface area (Å²) in [6, 6.07) is 0. The van der Waals surface area contributed by atoms with Crippen molar-refractivity contribution in [2.75, 3.05) is 93.6 Å². The molecule has 0 aliphatic carbocycles. The first kappa shape index (κ1) is 26.3. The van der Waals surface area contributed by atoms with Crippen molar-refractivity contribution in [2.24, 2.45) is 0 Å². The number of hydrogen-bond acceptors (Lipinski definition) is 2. The van der Waals surface area contributed by atoms with E-state index in [1.54, 1.807) is 0 Å². The number of nitrogens with one attached hydrogen (secondary N) is 1. The van der Waals surface area contributed by atoms with Crippen LogP contribution in [-0.4, -0.2) is 124 Å². The van der Waals surface area contributed by atoms with Gasteiger partial charge in [0.05, 0.1) is 80.5 Å². The molecule has 2 fully saturated rings. The number of hydrogen-bond donors (Lipinski definition) is 1. The number of amides is 2. The van der Waals surface area contributed by atoms with Gasteiger partial charge < -0.3 is 71.6 Å². The van der Waals surface area contributed by atoms with Gasteiger partial charge in [0.25, 0.3) is 11.8 Å². The molecule has 2 heterocycles. The molecule has 0 saturated carbocycles. The molecule has 0 aromatic carbocycles. The summed E-state index contributed by atoms with van der Waals surface area (Å²) < 4.78 is 1.93. The van der Waals surface area contributed by atoms with Crippen LogP contribution in [0.5, 0.6) is 0 Å². The van der Waals surface area contributed by atoms with Gasteiger partial charge in [-0.05, 0) is 0 Å². The largest absolute Gasteiger partial charge is 1.00 e. The Bertz CT molecular complexity index is 426. The topological polar surface area (TPSA) is 45.1 Å². The third kappa shape index (κ3) is 8.11. The van der Waals surface area contributed by atoms with Crippen molar-refractivity contribution in [2.45, 2.75) is 0 Å². The normalized spacial score (nSPS) is 21.6. The summed E-state index contributed by atoms with van der Waals surface area (Å²) >= 11 is 0. The predicted molar refractivity (Wildman–Crippen MR) is 92.9 cm³/mol. The van der Waals surface area contributed by atoms with Crippen LogP contribution in [0.3, 0.4) is 0 Å². The average Bonchev–Trinajstić information content (AvgIpc) is 2.46. The minimum Gasteiger partial charge on any atom is -1.00 e. The maximum atomic E-state index is 12.4. The minimum atomic E-state index is 0. The lowest BCUT2D eigenvalue weighted by Gasteiger charge is -2.40. The molecule has 0 bridgehead atoms. The molecule has 7 nitrogen and oxygen atoms in total. The summed E-state index contributed by atoms with van der Waals surface area (Å²) in [5.74, 6) is 0.230. The highest BCUT2D eigenvalue weighted by molar-refractivity contribution is 5.79. The summed E-state index contributed by atoms with van der Waals surface area (Å²) in [5.41, 5.74) is 0. The van der Waals surface area contributed by atoms with Gasteiger partial charge in [-0.1, -0.05) is 0 Å². The molecule has 26 heavy (non-hydrogen) atoms. The number of carbonyl (C=O) groups excluding carboxylic acids is 2. The van der Waals surface area contributed by atoms with E-state index < -0.39 is 0 Å². The van der Waals surface area contributed by atoms with Crippen LogP contribution in [-0.2, 0) is 9.59 Å². The molecule has 0 atom stereocenters. The smallest absolute Gasteiger partial charge is 0.275 e. The van der Waals surface area contributed by atoms with E-state index >= 15 is 0 Å². The first-order valence-corrected chi connectivity index (χ1v) is 8.94. The standard InChI is InChI=1S/C17H35N5O2.2HI/c1-18(14-16(23)19-6-10-21(2,3)11-7-19)15-17(24)20-8-12-22(4,5)13-9-20;;/h18H,1,6-15H2,2-5H3;2*1H/q+2;;/p-2. The Morgan fingerprint density at radius 2 is 1.04 bits per heavy atom. The highest BCUT2D eigenvalue weighted by Gasteiger charge is 2.30. The lowest BCUT2D eigenvalue weighted by molar-refractivity contribution is -0.894. The van der Waals surface area contributed by atoms with Gasteiger partial charge in [-0.3, -0.25) is 9.59 Å². The van der Waals surface area contributed by atoms with Crippen LogP contribution in [0.15, 0.2) is 0 Å². The number of rotatable bonds is 4. The maximum absolute atomic E-state index is 12.4. The van der Waals surface area contributed by atoms with Gasteiger partial charge in [0.15, 0.2) is 0 Å². The molecule has 0 unspecified atom stereocenters. The van der Waals surface area contributed by atoms with Crippen LogP contribution >= 0.6 is 0 Å². The Labute approximate surface area is 192 Å². The third-order valence-electron chi connectivity index (χ3n) is 5.41. The highest BCUT2D eigenvalue weighted by Crippen LogP contribution is 2.07. The van der Waals surface area contributed by atoms with Crippen molar-refractivity contribution in [3.8, 4) is 0 Å². The van der Waals surface area contributed by atoms with Crippen LogP contribution in [0.4, 0.5) is 0 Å². The fourth-order valence-corrected chi connectivity index (χ4v) is 3.23. The Kier molecular flexibility index (Phi) is 10.8. The lowest BCUT2D eigenvalue weighted by atomic mass is 10.2. The number of carbonyl (C=O) groups is 2. The van der Waals surface area contributed by atoms with Gasteiger partial charge in [0.1, 0.15) is 13.1 Å². The third-order valence-corrected chi connectivity index (χ3v) is 5.41. The van der Waals surface area contributed by atoms with Crippen LogP contribution in [0.25, 0.3) is 0 Å². The van der Waals surface area contributed by atoms with Crippen molar-refractivity contribution >= 4 is 11.8 Å². The summed E-state index contributed by atoms with van der Waals surface area (Å²) in [4.78, 5) is 29.4. The van der Waals surface area contributed by atoms with Gasteiger partial charge in [0, 0.05) is 0 Å². The molecular weight excluding hydrogens is 560 g/mol. The second-order valence-electron chi connectivity index (χ2n) is 8.63. The zero-order valence-corrected chi connectivity index (χ0v) is 21.0. The number of likely N-dealkylation sites (N-methyl/N-ethyl adjacent to an activating group) is 2. The molecule has 2 aliphatic rings.